The highest BCUT2D eigenvalue weighted by Gasteiger charge is 2.18. The number of guanidine groups is 1. The molecule has 0 unspecified atom stereocenters. The average molecular weight is 397 g/mol. The molecule has 0 amide bonds. The Kier molecular flexibility index (Phi) is 12.7. The van der Waals surface area contributed by atoms with Gasteiger partial charge in [-0.25, -0.2) is 0 Å². The zero-order valence-corrected chi connectivity index (χ0v) is 15.6. The van der Waals surface area contributed by atoms with Crippen molar-refractivity contribution in [1.82, 2.24) is 10.6 Å². The van der Waals surface area contributed by atoms with Crippen LogP contribution in [0, 0.1) is 11.8 Å². The molecule has 20 heavy (non-hydrogen) atoms. The summed E-state index contributed by atoms with van der Waals surface area (Å²) >= 11 is 0. The van der Waals surface area contributed by atoms with Crippen LogP contribution in [0.15, 0.2) is 4.99 Å². The van der Waals surface area contributed by atoms with E-state index in [0.717, 1.165) is 50.5 Å². The summed E-state index contributed by atoms with van der Waals surface area (Å²) in [6, 6.07) is 0. The maximum absolute atomic E-state index is 5.31. The van der Waals surface area contributed by atoms with Gasteiger partial charge in [-0.05, 0) is 38.0 Å². The van der Waals surface area contributed by atoms with Gasteiger partial charge in [-0.15, -0.1) is 24.0 Å². The zero-order chi connectivity index (χ0) is 13.9. The Bertz CT molecular complexity index is 254. The second-order valence-corrected chi connectivity index (χ2v) is 5.56. The smallest absolute Gasteiger partial charge is 0.190 e. The van der Waals surface area contributed by atoms with Crippen LogP contribution in [0.4, 0.5) is 0 Å². The van der Waals surface area contributed by atoms with Crippen LogP contribution in [0.3, 0.4) is 0 Å². The van der Waals surface area contributed by atoms with Crippen molar-refractivity contribution in [2.45, 2.75) is 46.0 Å². The molecule has 0 aromatic rings. The number of hydrogen-bond donors (Lipinski definition) is 2. The highest BCUT2D eigenvalue weighted by Crippen LogP contribution is 2.27. The molecule has 1 aliphatic rings. The predicted octanol–water partition coefficient (Wildman–Crippen LogP) is 3.02. The molecule has 0 aromatic carbocycles. The summed E-state index contributed by atoms with van der Waals surface area (Å²) in [7, 11) is 1.83. The van der Waals surface area contributed by atoms with Crippen molar-refractivity contribution in [2.24, 2.45) is 16.8 Å². The van der Waals surface area contributed by atoms with Crippen molar-refractivity contribution in [3.05, 3.63) is 0 Å². The summed E-state index contributed by atoms with van der Waals surface area (Å²) < 4.78 is 5.31. The van der Waals surface area contributed by atoms with E-state index in [0.29, 0.717) is 0 Å². The molecule has 1 fully saturated rings. The fraction of sp³-hybridized carbons (Fsp3) is 0.933. The minimum Gasteiger partial charge on any atom is -0.382 e. The highest BCUT2D eigenvalue weighted by molar-refractivity contribution is 14.0. The molecule has 0 aromatic heterocycles. The van der Waals surface area contributed by atoms with E-state index in [1.165, 1.54) is 25.7 Å². The van der Waals surface area contributed by atoms with E-state index in [9.17, 15) is 0 Å². The Morgan fingerprint density at radius 2 is 1.90 bits per heavy atom. The largest absolute Gasteiger partial charge is 0.382 e. The number of ether oxygens (including phenoxy) is 1. The van der Waals surface area contributed by atoms with Crippen LogP contribution < -0.4 is 10.6 Å². The number of hydrogen-bond acceptors (Lipinski definition) is 2. The second-order valence-electron chi connectivity index (χ2n) is 5.56. The van der Waals surface area contributed by atoms with Gasteiger partial charge in [-0.2, -0.15) is 0 Å². The minimum absolute atomic E-state index is 0. The Balaban J connectivity index is 0.00000361. The molecule has 0 spiro atoms. The molecule has 120 valence electrons. The van der Waals surface area contributed by atoms with E-state index < -0.39 is 0 Å². The quantitative estimate of drug-likeness (QED) is 0.301. The molecule has 0 saturated heterocycles. The molecular weight excluding hydrogens is 365 g/mol. The molecule has 4 nitrogen and oxygen atoms in total. The lowest BCUT2D eigenvalue weighted by Crippen LogP contribution is -2.40. The maximum atomic E-state index is 5.31. The van der Waals surface area contributed by atoms with Crippen molar-refractivity contribution in [2.75, 3.05) is 33.4 Å². The van der Waals surface area contributed by atoms with Crippen LogP contribution in [0.5, 0.6) is 0 Å². The molecule has 0 atom stereocenters. The monoisotopic (exact) mass is 397 g/mol. The van der Waals surface area contributed by atoms with Gasteiger partial charge >= 0.3 is 0 Å². The molecule has 0 heterocycles. The topological polar surface area (TPSA) is 45.6 Å². The van der Waals surface area contributed by atoms with Gasteiger partial charge in [0.05, 0.1) is 0 Å². The second kappa shape index (κ2) is 12.7. The maximum Gasteiger partial charge on any atom is 0.190 e. The lowest BCUT2D eigenvalue weighted by molar-refractivity contribution is 0.145. The van der Waals surface area contributed by atoms with Gasteiger partial charge in [0.2, 0.25) is 0 Å². The highest BCUT2D eigenvalue weighted by atomic mass is 127. The Hall–Kier alpha value is -0.0400. The zero-order valence-electron chi connectivity index (χ0n) is 13.3. The first kappa shape index (κ1) is 20.0. The number of nitrogens with zero attached hydrogens (tertiary/aromatic N) is 1. The third-order valence-corrected chi connectivity index (χ3v) is 3.88. The van der Waals surface area contributed by atoms with Crippen LogP contribution in [0.25, 0.3) is 0 Å². The Morgan fingerprint density at radius 1 is 1.20 bits per heavy atom. The first-order valence-corrected chi connectivity index (χ1v) is 7.78. The minimum atomic E-state index is 0. The molecule has 0 aliphatic heterocycles. The summed E-state index contributed by atoms with van der Waals surface area (Å²) in [5.74, 6) is 2.67. The first-order chi connectivity index (χ1) is 9.26. The first-order valence-electron chi connectivity index (χ1n) is 7.78. The van der Waals surface area contributed by atoms with E-state index in [4.69, 9.17) is 4.74 Å². The average Bonchev–Trinajstić information content (AvgIpc) is 2.44. The molecule has 2 N–H and O–H groups in total. The van der Waals surface area contributed by atoms with Gasteiger partial charge in [0.25, 0.3) is 0 Å². The van der Waals surface area contributed by atoms with Crippen LogP contribution in [-0.2, 0) is 4.74 Å². The van der Waals surface area contributed by atoms with Gasteiger partial charge in [0.15, 0.2) is 5.96 Å². The summed E-state index contributed by atoms with van der Waals surface area (Å²) in [5.41, 5.74) is 0. The van der Waals surface area contributed by atoms with E-state index in [1.54, 1.807) is 0 Å². The molecule has 0 bridgehead atoms. The van der Waals surface area contributed by atoms with Crippen molar-refractivity contribution in [3.8, 4) is 0 Å². The fourth-order valence-corrected chi connectivity index (χ4v) is 2.52. The molecule has 5 heteroatoms. The van der Waals surface area contributed by atoms with E-state index in [2.05, 4.69) is 22.5 Å². The lowest BCUT2D eigenvalue weighted by Gasteiger charge is -2.26. The van der Waals surface area contributed by atoms with Crippen LogP contribution in [0.1, 0.15) is 46.0 Å². The summed E-state index contributed by atoms with van der Waals surface area (Å²) in [6.07, 6.45) is 6.50. The van der Waals surface area contributed by atoms with Crippen molar-refractivity contribution in [1.29, 1.82) is 0 Å². The SMILES string of the molecule is CCOCCCNC(=NC)NCC1CCC(C)CC1.I. The van der Waals surface area contributed by atoms with E-state index >= 15 is 0 Å². The Labute approximate surface area is 141 Å². The van der Waals surface area contributed by atoms with Crippen molar-refractivity contribution >= 4 is 29.9 Å². The molecule has 1 aliphatic carbocycles. The van der Waals surface area contributed by atoms with Gasteiger partial charge in [-0.1, -0.05) is 19.8 Å². The number of halogens is 1. The number of rotatable bonds is 7. The Morgan fingerprint density at radius 3 is 2.50 bits per heavy atom. The normalized spacial score (nSPS) is 23.1. The standard InChI is InChI=1S/C15H31N3O.HI/c1-4-19-11-5-10-17-15(16-3)18-12-14-8-6-13(2)7-9-14;/h13-14H,4-12H2,1-3H3,(H2,16,17,18);1H. The summed E-state index contributed by atoms with van der Waals surface area (Å²) in [5, 5.41) is 6.78. The number of nitrogens with one attached hydrogen (secondary N) is 2. The van der Waals surface area contributed by atoms with E-state index in [1.807, 2.05) is 14.0 Å². The van der Waals surface area contributed by atoms with Gasteiger partial charge in [-0.3, -0.25) is 4.99 Å². The molecule has 1 rings (SSSR count). The fourth-order valence-electron chi connectivity index (χ4n) is 2.52. The molecular formula is C15H32IN3O. The van der Waals surface area contributed by atoms with Crippen LogP contribution in [-0.4, -0.2) is 39.3 Å². The predicted molar refractivity (Wildman–Crippen MR) is 97.0 cm³/mol. The third kappa shape index (κ3) is 9.00. The van der Waals surface area contributed by atoms with Crippen LogP contribution >= 0.6 is 24.0 Å². The van der Waals surface area contributed by atoms with Gasteiger partial charge in [0.1, 0.15) is 0 Å². The van der Waals surface area contributed by atoms with Gasteiger partial charge in [0, 0.05) is 33.4 Å². The van der Waals surface area contributed by atoms with Gasteiger partial charge < -0.3 is 15.4 Å². The number of aliphatic imine (C=N–C) groups is 1. The molecule has 1 saturated carbocycles. The van der Waals surface area contributed by atoms with Crippen molar-refractivity contribution < 1.29 is 4.74 Å². The van der Waals surface area contributed by atoms with Crippen molar-refractivity contribution in [3.63, 3.8) is 0 Å². The summed E-state index contributed by atoms with van der Waals surface area (Å²) in [6.45, 7) is 7.98. The molecule has 0 radical (unpaired) electrons. The summed E-state index contributed by atoms with van der Waals surface area (Å²) in [4.78, 5) is 4.26. The third-order valence-electron chi connectivity index (χ3n) is 3.88. The van der Waals surface area contributed by atoms with Crippen LogP contribution in [0.2, 0.25) is 0 Å². The lowest BCUT2D eigenvalue weighted by atomic mass is 9.83. The van der Waals surface area contributed by atoms with E-state index in [-0.39, 0.29) is 24.0 Å².